The molecule has 0 spiro atoms. The van der Waals surface area contributed by atoms with E-state index in [1.165, 1.54) is 12.8 Å². The molecule has 4 nitrogen and oxygen atoms in total. The Kier molecular flexibility index (Phi) is 8.59. The molecule has 1 atom stereocenters. The molecule has 1 unspecified atom stereocenters. The van der Waals surface area contributed by atoms with Gasteiger partial charge in [-0.25, -0.2) is 0 Å². The van der Waals surface area contributed by atoms with Crippen LogP contribution < -0.4 is 5.32 Å². The van der Waals surface area contributed by atoms with E-state index in [-0.39, 0.29) is 0 Å². The number of rotatable bonds is 10. The van der Waals surface area contributed by atoms with E-state index in [0.29, 0.717) is 12.0 Å². The standard InChI is InChI=1S/C14H30N2O2/c1-13(2)12-16(8-10-17-3)7-6-15-11-14-5-4-9-18-14/h13-15H,4-12H2,1-3H3. The van der Waals surface area contributed by atoms with Crippen molar-refractivity contribution in [1.82, 2.24) is 10.2 Å². The van der Waals surface area contributed by atoms with Crippen molar-refractivity contribution in [2.45, 2.75) is 32.8 Å². The van der Waals surface area contributed by atoms with Gasteiger partial charge < -0.3 is 14.8 Å². The second-order valence-electron chi connectivity index (χ2n) is 5.53. The zero-order chi connectivity index (χ0) is 13.2. The largest absolute Gasteiger partial charge is 0.383 e. The Hall–Kier alpha value is -0.160. The lowest BCUT2D eigenvalue weighted by Gasteiger charge is -2.24. The van der Waals surface area contributed by atoms with Crippen LogP contribution in [-0.4, -0.2) is 64.1 Å². The van der Waals surface area contributed by atoms with Gasteiger partial charge in [-0.1, -0.05) is 13.8 Å². The smallest absolute Gasteiger partial charge is 0.0700 e. The number of hydrogen-bond acceptors (Lipinski definition) is 4. The highest BCUT2D eigenvalue weighted by atomic mass is 16.5. The van der Waals surface area contributed by atoms with E-state index in [9.17, 15) is 0 Å². The van der Waals surface area contributed by atoms with E-state index in [0.717, 1.165) is 45.9 Å². The van der Waals surface area contributed by atoms with Gasteiger partial charge in [0.25, 0.3) is 0 Å². The lowest BCUT2D eigenvalue weighted by atomic mass is 10.2. The molecule has 0 saturated carbocycles. The topological polar surface area (TPSA) is 33.7 Å². The molecule has 0 aromatic heterocycles. The molecule has 1 rings (SSSR count). The summed E-state index contributed by atoms with van der Waals surface area (Å²) in [5.74, 6) is 0.708. The van der Waals surface area contributed by atoms with Crippen LogP contribution in [-0.2, 0) is 9.47 Å². The minimum Gasteiger partial charge on any atom is -0.383 e. The van der Waals surface area contributed by atoms with Gasteiger partial charge in [0, 0.05) is 46.4 Å². The van der Waals surface area contributed by atoms with Gasteiger partial charge in [-0.3, -0.25) is 4.90 Å². The highest BCUT2D eigenvalue weighted by Crippen LogP contribution is 2.10. The summed E-state index contributed by atoms with van der Waals surface area (Å²) in [6.07, 6.45) is 2.88. The minimum atomic E-state index is 0.447. The predicted octanol–water partition coefficient (Wildman–Crippen LogP) is 1.36. The molecule has 1 aliphatic rings. The van der Waals surface area contributed by atoms with Gasteiger partial charge >= 0.3 is 0 Å². The number of ether oxygens (including phenoxy) is 2. The molecule has 0 bridgehead atoms. The first kappa shape index (κ1) is 15.9. The Morgan fingerprint density at radius 2 is 2.22 bits per heavy atom. The van der Waals surface area contributed by atoms with E-state index in [2.05, 4.69) is 24.1 Å². The monoisotopic (exact) mass is 258 g/mol. The van der Waals surface area contributed by atoms with Crippen molar-refractivity contribution < 1.29 is 9.47 Å². The molecule has 1 N–H and O–H groups in total. The highest BCUT2D eigenvalue weighted by Gasteiger charge is 2.14. The second-order valence-corrected chi connectivity index (χ2v) is 5.53. The molecule has 1 heterocycles. The van der Waals surface area contributed by atoms with Crippen LogP contribution in [0.5, 0.6) is 0 Å². The van der Waals surface area contributed by atoms with E-state index in [1.807, 2.05) is 0 Å². The number of nitrogens with one attached hydrogen (secondary N) is 1. The third-order valence-electron chi connectivity index (χ3n) is 3.24. The summed E-state index contributed by atoms with van der Waals surface area (Å²) < 4.78 is 10.8. The molecule has 1 saturated heterocycles. The first-order valence-corrected chi connectivity index (χ1v) is 7.26. The maximum atomic E-state index is 5.59. The van der Waals surface area contributed by atoms with Crippen molar-refractivity contribution in [3.8, 4) is 0 Å². The Balaban J connectivity index is 2.07. The van der Waals surface area contributed by atoms with E-state index in [4.69, 9.17) is 9.47 Å². The molecule has 1 fully saturated rings. The zero-order valence-corrected chi connectivity index (χ0v) is 12.3. The van der Waals surface area contributed by atoms with Crippen molar-refractivity contribution in [3.63, 3.8) is 0 Å². The quantitative estimate of drug-likeness (QED) is 0.600. The number of hydrogen-bond donors (Lipinski definition) is 1. The normalized spacial score (nSPS) is 20.2. The Morgan fingerprint density at radius 1 is 1.39 bits per heavy atom. The van der Waals surface area contributed by atoms with Gasteiger partial charge in [0.2, 0.25) is 0 Å². The SMILES string of the molecule is COCCN(CCNCC1CCCO1)CC(C)C. The van der Waals surface area contributed by atoms with E-state index >= 15 is 0 Å². The maximum Gasteiger partial charge on any atom is 0.0700 e. The van der Waals surface area contributed by atoms with E-state index in [1.54, 1.807) is 7.11 Å². The van der Waals surface area contributed by atoms with Gasteiger partial charge in [0.1, 0.15) is 0 Å². The molecule has 4 heteroatoms. The average molecular weight is 258 g/mol. The lowest BCUT2D eigenvalue weighted by molar-refractivity contribution is 0.107. The summed E-state index contributed by atoms with van der Waals surface area (Å²) in [6.45, 7) is 11.6. The lowest BCUT2D eigenvalue weighted by Crippen LogP contribution is -2.38. The molecular formula is C14H30N2O2. The van der Waals surface area contributed by atoms with Crippen LogP contribution >= 0.6 is 0 Å². The fourth-order valence-corrected chi connectivity index (χ4v) is 2.34. The fraction of sp³-hybridized carbons (Fsp3) is 1.00. The summed E-state index contributed by atoms with van der Waals surface area (Å²) in [5.41, 5.74) is 0. The molecule has 0 aromatic carbocycles. The van der Waals surface area contributed by atoms with Gasteiger partial charge in [-0.05, 0) is 18.8 Å². The first-order chi connectivity index (χ1) is 8.72. The molecular weight excluding hydrogens is 228 g/mol. The summed E-state index contributed by atoms with van der Waals surface area (Å²) in [5, 5.41) is 3.50. The minimum absolute atomic E-state index is 0.447. The first-order valence-electron chi connectivity index (χ1n) is 7.26. The maximum absolute atomic E-state index is 5.59. The van der Waals surface area contributed by atoms with Crippen molar-refractivity contribution >= 4 is 0 Å². The molecule has 0 aromatic rings. The zero-order valence-electron chi connectivity index (χ0n) is 12.3. The van der Waals surface area contributed by atoms with Gasteiger partial charge in [0.05, 0.1) is 12.7 Å². The molecule has 0 amide bonds. The van der Waals surface area contributed by atoms with Crippen LogP contribution in [0.2, 0.25) is 0 Å². The Bertz CT molecular complexity index is 194. The third-order valence-corrected chi connectivity index (χ3v) is 3.24. The summed E-state index contributed by atoms with van der Waals surface area (Å²) in [4.78, 5) is 2.47. The van der Waals surface area contributed by atoms with Crippen LogP contribution in [0.3, 0.4) is 0 Å². The third kappa shape index (κ3) is 7.31. The summed E-state index contributed by atoms with van der Waals surface area (Å²) in [6, 6.07) is 0. The Morgan fingerprint density at radius 3 is 2.83 bits per heavy atom. The van der Waals surface area contributed by atoms with Crippen LogP contribution in [0, 0.1) is 5.92 Å². The van der Waals surface area contributed by atoms with Crippen molar-refractivity contribution in [3.05, 3.63) is 0 Å². The van der Waals surface area contributed by atoms with E-state index < -0.39 is 0 Å². The predicted molar refractivity (Wildman–Crippen MR) is 75.0 cm³/mol. The van der Waals surface area contributed by atoms with Crippen LogP contribution in [0.25, 0.3) is 0 Å². The van der Waals surface area contributed by atoms with Gasteiger partial charge in [-0.15, -0.1) is 0 Å². The average Bonchev–Trinajstić information content (AvgIpc) is 2.83. The van der Waals surface area contributed by atoms with Gasteiger partial charge in [0.15, 0.2) is 0 Å². The molecule has 0 aliphatic carbocycles. The molecule has 0 radical (unpaired) electrons. The summed E-state index contributed by atoms with van der Waals surface area (Å²) >= 11 is 0. The fourth-order valence-electron chi connectivity index (χ4n) is 2.34. The van der Waals surface area contributed by atoms with Crippen LogP contribution in [0.1, 0.15) is 26.7 Å². The van der Waals surface area contributed by atoms with Crippen molar-refractivity contribution in [2.75, 3.05) is 53.0 Å². The summed E-state index contributed by atoms with van der Waals surface area (Å²) in [7, 11) is 1.77. The molecule has 18 heavy (non-hydrogen) atoms. The Labute approximate surface area is 112 Å². The number of methoxy groups -OCH3 is 1. The highest BCUT2D eigenvalue weighted by molar-refractivity contribution is 4.68. The molecule has 108 valence electrons. The number of nitrogens with zero attached hydrogens (tertiary/aromatic N) is 1. The van der Waals surface area contributed by atoms with Crippen LogP contribution in [0.4, 0.5) is 0 Å². The van der Waals surface area contributed by atoms with Gasteiger partial charge in [-0.2, -0.15) is 0 Å². The molecule has 1 aliphatic heterocycles. The van der Waals surface area contributed by atoms with Crippen LogP contribution in [0.15, 0.2) is 0 Å². The second kappa shape index (κ2) is 9.73. The van der Waals surface area contributed by atoms with Crippen molar-refractivity contribution in [2.24, 2.45) is 5.92 Å². The van der Waals surface area contributed by atoms with Crippen molar-refractivity contribution in [1.29, 1.82) is 0 Å².